The largest absolute Gasteiger partial charge is 0.381 e. The Hall–Kier alpha value is -1.44. The molecule has 1 aromatic rings. The molecule has 0 atom stereocenters. The molecule has 0 unspecified atom stereocenters. The molecule has 7 heteroatoms. The number of nitrogens with one attached hydrogen (secondary N) is 1. The molecule has 1 saturated carbocycles. The Kier molecular flexibility index (Phi) is 7.40. The predicted octanol–water partition coefficient (Wildman–Crippen LogP) is 3.00. The van der Waals surface area contributed by atoms with Gasteiger partial charge in [-0.1, -0.05) is 19.3 Å². The summed E-state index contributed by atoms with van der Waals surface area (Å²) >= 11 is 0. The number of hydrogen-bond acceptors (Lipinski definition) is 4. The Morgan fingerprint density at radius 2 is 1.84 bits per heavy atom. The molecule has 0 aliphatic heterocycles. The molecule has 6 nitrogen and oxygen atoms in total. The van der Waals surface area contributed by atoms with Gasteiger partial charge in [-0.05, 0) is 44.0 Å². The first-order valence-electron chi connectivity index (χ1n) is 8.91. The molecule has 140 valence electrons. The van der Waals surface area contributed by atoms with Crippen LogP contribution in [0.1, 0.15) is 45.4 Å². The fourth-order valence-corrected chi connectivity index (χ4v) is 4.47. The van der Waals surface area contributed by atoms with Crippen molar-refractivity contribution in [2.24, 2.45) is 0 Å². The van der Waals surface area contributed by atoms with E-state index in [-0.39, 0.29) is 23.3 Å². The molecule has 0 heterocycles. The Balaban J connectivity index is 1.99. The van der Waals surface area contributed by atoms with E-state index in [0.717, 1.165) is 25.7 Å². The van der Waals surface area contributed by atoms with Gasteiger partial charge < -0.3 is 10.1 Å². The number of carbonyl (C=O) groups is 1. The summed E-state index contributed by atoms with van der Waals surface area (Å²) in [6, 6.07) is 6.43. The maximum atomic E-state index is 12.8. The maximum absolute atomic E-state index is 12.8. The van der Waals surface area contributed by atoms with Crippen molar-refractivity contribution in [2.45, 2.75) is 56.4 Å². The monoisotopic (exact) mass is 368 g/mol. The fraction of sp³-hybridized carbons (Fsp3) is 0.611. The number of nitrogens with zero attached hydrogens (tertiary/aromatic N) is 1. The number of anilines is 1. The first-order chi connectivity index (χ1) is 11.9. The zero-order chi connectivity index (χ0) is 18.3. The molecule has 1 fully saturated rings. The molecule has 1 aliphatic rings. The van der Waals surface area contributed by atoms with Crippen LogP contribution in [0.5, 0.6) is 0 Å². The highest BCUT2D eigenvalue weighted by Crippen LogP contribution is 2.26. The predicted molar refractivity (Wildman–Crippen MR) is 98.0 cm³/mol. The van der Waals surface area contributed by atoms with Gasteiger partial charge >= 0.3 is 0 Å². The van der Waals surface area contributed by atoms with Crippen LogP contribution in [0.2, 0.25) is 0 Å². The van der Waals surface area contributed by atoms with Crippen LogP contribution in [0.15, 0.2) is 29.2 Å². The van der Waals surface area contributed by atoms with Crippen molar-refractivity contribution in [1.29, 1.82) is 0 Å². The zero-order valence-electron chi connectivity index (χ0n) is 15.0. The van der Waals surface area contributed by atoms with Crippen LogP contribution in [0, 0.1) is 0 Å². The molecule has 0 spiro atoms. The fourth-order valence-electron chi connectivity index (χ4n) is 3.05. The van der Waals surface area contributed by atoms with Gasteiger partial charge in [-0.25, -0.2) is 8.42 Å². The summed E-state index contributed by atoms with van der Waals surface area (Å²) in [6.45, 7) is 2.83. The van der Waals surface area contributed by atoms with Crippen LogP contribution in [0.3, 0.4) is 0 Å². The van der Waals surface area contributed by atoms with Crippen molar-refractivity contribution >= 4 is 21.6 Å². The van der Waals surface area contributed by atoms with Crippen LogP contribution in [-0.4, -0.2) is 44.9 Å². The van der Waals surface area contributed by atoms with Crippen molar-refractivity contribution in [3.63, 3.8) is 0 Å². The van der Waals surface area contributed by atoms with E-state index >= 15 is 0 Å². The number of hydrogen-bond donors (Lipinski definition) is 1. The minimum atomic E-state index is -3.50. The van der Waals surface area contributed by atoms with Crippen LogP contribution in [0.4, 0.5) is 5.69 Å². The summed E-state index contributed by atoms with van der Waals surface area (Å²) < 4.78 is 32.2. The Morgan fingerprint density at radius 3 is 2.44 bits per heavy atom. The average Bonchev–Trinajstić information content (AvgIpc) is 2.62. The molecule has 1 N–H and O–H groups in total. The molecule has 0 aromatic heterocycles. The number of rotatable bonds is 8. The third-order valence-corrected chi connectivity index (χ3v) is 6.51. The van der Waals surface area contributed by atoms with Crippen molar-refractivity contribution < 1.29 is 17.9 Å². The highest BCUT2D eigenvalue weighted by Gasteiger charge is 2.28. The second kappa shape index (κ2) is 9.31. The van der Waals surface area contributed by atoms with Crippen molar-refractivity contribution in [3.05, 3.63) is 24.3 Å². The molecule has 0 radical (unpaired) electrons. The van der Waals surface area contributed by atoms with E-state index in [2.05, 4.69) is 5.32 Å². The van der Waals surface area contributed by atoms with Gasteiger partial charge in [-0.3, -0.25) is 4.79 Å². The topological polar surface area (TPSA) is 75.7 Å². The van der Waals surface area contributed by atoms with Gasteiger partial charge in [0.2, 0.25) is 15.9 Å². The molecule has 0 saturated heterocycles. The first kappa shape index (κ1) is 19.9. The third kappa shape index (κ3) is 5.52. The van der Waals surface area contributed by atoms with E-state index in [4.69, 9.17) is 4.74 Å². The Bertz CT molecular complexity index is 652. The quantitative estimate of drug-likeness (QED) is 0.716. The number of carbonyl (C=O) groups excluding carboxylic acids is 1. The van der Waals surface area contributed by atoms with E-state index in [0.29, 0.717) is 18.9 Å². The van der Waals surface area contributed by atoms with Crippen LogP contribution >= 0.6 is 0 Å². The first-order valence-corrected chi connectivity index (χ1v) is 10.3. The van der Waals surface area contributed by atoms with Gasteiger partial charge in [0.05, 0.1) is 17.9 Å². The third-order valence-electron chi connectivity index (χ3n) is 4.58. The second-order valence-electron chi connectivity index (χ2n) is 6.33. The lowest BCUT2D eigenvalue weighted by atomic mass is 9.96. The number of benzene rings is 1. The smallest absolute Gasteiger partial charge is 0.243 e. The van der Waals surface area contributed by atoms with Gasteiger partial charge in [0, 0.05) is 25.4 Å². The van der Waals surface area contributed by atoms with Crippen LogP contribution in [-0.2, 0) is 19.6 Å². The summed E-state index contributed by atoms with van der Waals surface area (Å²) in [4.78, 5) is 12.0. The average molecular weight is 368 g/mol. The van der Waals surface area contributed by atoms with Gasteiger partial charge in [0.15, 0.2) is 0 Å². The maximum Gasteiger partial charge on any atom is 0.243 e. The lowest BCUT2D eigenvalue weighted by Gasteiger charge is -2.30. The molecular weight excluding hydrogens is 340 g/mol. The van der Waals surface area contributed by atoms with Crippen LogP contribution < -0.4 is 5.32 Å². The Morgan fingerprint density at radius 1 is 1.20 bits per heavy atom. The van der Waals surface area contributed by atoms with E-state index in [9.17, 15) is 13.2 Å². The highest BCUT2D eigenvalue weighted by molar-refractivity contribution is 7.89. The summed E-state index contributed by atoms with van der Waals surface area (Å²) in [7, 11) is -1.84. The number of ether oxygens (including phenoxy) is 1. The summed E-state index contributed by atoms with van der Waals surface area (Å²) in [5, 5.41) is 2.74. The molecule has 0 bridgehead atoms. The van der Waals surface area contributed by atoms with E-state index in [1.54, 1.807) is 31.3 Å². The van der Waals surface area contributed by atoms with Gasteiger partial charge in [0.1, 0.15) is 0 Å². The summed E-state index contributed by atoms with van der Waals surface area (Å²) in [5.74, 6) is -0.150. The normalized spacial score (nSPS) is 16.1. The molecular formula is C18H28N2O4S. The van der Waals surface area contributed by atoms with E-state index < -0.39 is 10.0 Å². The summed E-state index contributed by atoms with van der Waals surface area (Å²) in [6.07, 6.45) is 5.46. The van der Waals surface area contributed by atoms with Crippen molar-refractivity contribution in [2.75, 3.05) is 25.6 Å². The van der Waals surface area contributed by atoms with E-state index in [1.807, 2.05) is 6.92 Å². The lowest BCUT2D eigenvalue weighted by Crippen LogP contribution is -2.38. The SMILES string of the molecule is CCOCCC(=O)Nc1ccc(S(=O)(=O)N(C)C2CCCCC2)cc1. The Labute approximate surface area is 150 Å². The van der Waals surface area contributed by atoms with Gasteiger partial charge in [-0.15, -0.1) is 0 Å². The van der Waals surface area contributed by atoms with Crippen molar-refractivity contribution in [1.82, 2.24) is 4.31 Å². The van der Waals surface area contributed by atoms with Crippen LogP contribution in [0.25, 0.3) is 0 Å². The zero-order valence-corrected chi connectivity index (χ0v) is 15.8. The second-order valence-corrected chi connectivity index (χ2v) is 8.33. The standard InChI is InChI=1S/C18H28N2O4S/c1-3-24-14-13-18(21)19-15-9-11-17(12-10-15)25(22,23)20(2)16-7-5-4-6-8-16/h9-12,16H,3-8,13-14H2,1-2H3,(H,19,21). The van der Waals surface area contributed by atoms with E-state index in [1.165, 1.54) is 10.7 Å². The molecule has 1 aromatic carbocycles. The van der Waals surface area contributed by atoms with Crippen molar-refractivity contribution in [3.8, 4) is 0 Å². The molecule has 25 heavy (non-hydrogen) atoms. The summed E-state index contributed by atoms with van der Waals surface area (Å²) in [5.41, 5.74) is 0.584. The molecule has 1 amide bonds. The minimum Gasteiger partial charge on any atom is -0.381 e. The highest BCUT2D eigenvalue weighted by atomic mass is 32.2. The number of amides is 1. The molecule has 2 rings (SSSR count). The lowest BCUT2D eigenvalue weighted by molar-refractivity contribution is -0.117. The molecule has 1 aliphatic carbocycles. The number of sulfonamides is 1. The minimum absolute atomic E-state index is 0.0803. The van der Waals surface area contributed by atoms with Gasteiger partial charge in [0.25, 0.3) is 0 Å². The van der Waals surface area contributed by atoms with Gasteiger partial charge in [-0.2, -0.15) is 4.31 Å².